The van der Waals surface area contributed by atoms with Crippen molar-refractivity contribution in [3.63, 3.8) is 0 Å². The van der Waals surface area contributed by atoms with E-state index in [4.69, 9.17) is 23.2 Å². The number of nitriles is 1. The number of benzene rings is 2. The van der Waals surface area contributed by atoms with Crippen molar-refractivity contribution in [1.82, 2.24) is 9.47 Å². The lowest BCUT2D eigenvalue weighted by Crippen LogP contribution is -2.39. The van der Waals surface area contributed by atoms with Crippen LogP contribution in [-0.2, 0) is 4.79 Å². The first-order valence-electron chi connectivity index (χ1n) is 12.0. The second kappa shape index (κ2) is 10.5. The zero-order valence-electron chi connectivity index (χ0n) is 20.5. The number of Topliss-reactive ketones (excluding diaryl/α,β-unsaturated/α-hetero) is 1. The zero-order valence-corrected chi connectivity index (χ0v) is 22.0. The predicted molar refractivity (Wildman–Crippen MR) is 141 cm³/mol. The van der Waals surface area contributed by atoms with Gasteiger partial charge in [0.2, 0.25) is 0 Å². The molecule has 1 aliphatic rings. The molecule has 4 rings (SSSR count). The number of fused-ring (bicyclic) bond motifs is 1. The molecule has 0 N–H and O–H groups in total. The molecule has 1 amide bonds. The van der Waals surface area contributed by atoms with Crippen LogP contribution in [0.25, 0.3) is 10.9 Å². The Morgan fingerprint density at radius 2 is 1.75 bits per heavy atom. The molecule has 1 aliphatic heterocycles. The van der Waals surface area contributed by atoms with Crippen LogP contribution in [0.2, 0.25) is 10.0 Å². The number of hydrogen-bond donors (Lipinski definition) is 0. The lowest BCUT2D eigenvalue weighted by atomic mass is 9.91. The van der Waals surface area contributed by atoms with Gasteiger partial charge in [0.1, 0.15) is 5.78 Å². The highest BCUT2D eigenvalue weighted by Crippen LogP contribution is 2.33. The van der Waals surface area contributed by atoms with Crippen LogP contribution in [-0.4, -0.2) is 40.2 Å². The Hall–Kier alpha value is -3.14. The van der Waals surface area contributed by atoms with Crippen molar-refractivity contribution in [2.24, 2.45) is 5.92 Å². The summed E-state index contributed by atoms with van der Waals surface area (Å²) in [4.78, 5) is 40.6. The van der Waals surface area contributed by atoms with Crippen LogP contribution >= 0.6 is 23.2 Å². The minimum Gasteiger partial charge on any atom is -0.339 e. The summed E-state index contributed by atoms with van der Waals surface area (Å²) in [5.74, 6) is -0.165. The smallest absolute Gasteiger partial charge is 0.265 e. The number of amides is 1. The Labute approximate surface area is 220 Å². The standard InChI is InChI=1S/C28H27Cl2N3O3/c1-4-20(34)12-18-7-9-32(10-8-18)27(35)21-5-6-23(29)24(25(21)30)28(36)33-15-17(3)22-13-19(14-31)11-16(2)26(22)33/h5-6,11,13,15,18H,4,7-10,12H2,1-3H3. The minimum atomic E-state index is -0.442. The maximum Gasteiger partial charge on any atom is 0.265 e. The van der Waals surface area contributed by atoms with E-state index < -0.39 is 5.91 Å². The fraction of sp³-hybridized carbons (Fsp3) is 0.357. The summed E-state index contributed by atoms with van der Waals surface area (Å²) in [6, 6.07) is 8.71. The molecule has 8 heteroatoms. The van der Waals surface area contributed by atoms with Gasteiger partial charge < -0.3 is 4.90 Å². The Bertz CT molecular complexity index is 1430. The van der Waals surface area contributed by atoms with Crippen molar-refractivity contribution < 1.29 is 14.4 Å². The molecule has 1 fully saturated rings. The molecule has 6 nitrogen and oxygen atoms in total. The van der Waals surface area contributed by atoms with Crippen LogP contribution in [0.4, 0.5) is 0 Å². The topological polar surface area (TPSA) is 83.2 Å². The zero-order chi connectivity index (χ0) is 26.1. The van der Waals surface area contributed by atoms with E-state index in [0.29, 0.717) is 37.0 Å². The van der Waals surface area contributed by atoms with Crippen molar-refractivity contribution in [3.05, 3.63) is 68.3 Å². The third-order valence-corrected chi connectivity index (χ3v) is 7.69. The van der Waals surface area contributed by atoms with Crippen LogP contribution in [0.5, 0.6) is 0 Å². The number of carbonyl (C=O) groups is 3. The second-order valence-corrected chi connectivity index (χ2v) is 10.2. The first kappa shape index (κ1) is 25.9. The van der Waals surface area contributed by atoms with Crippen molar-refractivity contribution in [2.75, 3.05) is 13.1 Å². The van der Waals surface area contributed by atoms with Gasteiger partial charge in [-0.1, -0.05) is 30.1 Å². The number of aromatic nitrogens is 1. The van der Waals surface area contributed by atoms with Gasteiger partial charge in [-0.25, -0.2) is 0 Å². The maximum atomic E-state index is 13.7. The summed E-state index contributed by atoms with van der Waals surface area (Å²) in [6.45, 7) is 6.64. The van der Waals surface area contributed by atoms with Gasteiger partial charge in [0, 0.05) is 37.5 Å². The Morgan fingerprint density at radius 1 is 1.06 bits per heavy atom. The van der Waals surface area contributed by atoms with Crippen LogP contribution in [0.3, 0.4) is 0 Å². The number of aryl methyl sites for hydroxylation is 2. The van der Waals surface area contributed by atoms with E-state index in [1.807, 2.05) is 20.8 Å². The molecule has 2 heterocycles. The molecule has 0 radical (unpaired) electrons. The van der Waals surface area contributed by atoms with Gasteiger partial charge in [-0.05, 0) is 68.0 Å². The largest absolute Gasteiger partial charge is 0.339 e. The lowest BCUT2D eigenvalue weighted by molar-refractivity contribution is -0.119. The van der Waals surface area contributed by atoms with E-state index >= 15 is 0 Å². The first-order valence-corrected chi connectivity index (χ1v) is 12.8. The summed E-state index contributed by atoms with van der Waals surface area (Å²) in [5, 5.41) is 10.3. The van der Waals surface area contributed by atoms with Gasteiger partial charge in [-0.2, -0.15) is 5.26 Å². The molecule has 0 unspecified atom stereocenters. The van der Waals surface area contributed by atoms with Crippen molar-refractivity contribution >= 4 is 51.7 Å². The molecule has 1 saturated heterocycles. The van der Waals surface area contributed by atoms with Gasteiger partial charge in [0.25, 0.3) is 11.8 Å². The number of likely N-dealkylation sites (tertiary alicyclic amines) is 1. The van der Waals surface area contributed by atoms with Gasteiger partial charge in [0.15, 0.2) is 0 Å². The molecule has 0 spiro atoms. The highest BCUT2D eigenvalue weighted by atomic mass is 35.5. The number of piperidine rings is 1. The third-order valence-electron chi connectivity index (χ3n) is 6.98. The maximum absolute atomic E-state index is 13.7. The molecule has 3 aromatic rings. The molecule has 36 heavy (non-hydrogen) atoms. The van der Waals surface area contributed by atoms with Crippen LogP contribution in [0.1, 0.15) is 70.0 Å². The van der Waals surface area contributed by atoms with Gasteiger partial charge in [0.05, 0.1) is 38.3 Å². The number of rotatable bonds is 5. The number of nitrogens with zero attached hydrogens (tertiary/aromatic N) is 3. The summed E-state index contributed by atoms with van der Waals surface area (Å²) in [7, 11) is 0. The Morgan fingerprint density at radius 3 is 2.39 bits per heavy atom. The molecule has 0 aliphatic carbocycles. The van der Waals surface area contributed by atoms with Gasteiger partial charge >= 0.3 is 0 Å². The van der Waals surface area contributed by atoms with Crippen molar-refractivity contribution in [3.8, 4) is 6.07 Å². The number of halogens is 2. The number of ketones is 1. The van der Waals surface area contributed by atoms with E-state index in [-0.39, 0.29) is 38.8 Å². The normalized spacial score (nSPS) is 14.2. The van der Waals surface area contributed by atoms with Crippen LogP contribution in [0.15, 0.2) is 30.5 Å². The average molecular weight is 524 g/mol. The molecular weight excluding hydrogens is 497 g/mol. The van der Waals surface area contributed by atoms with Crippen LogP contribution < -0.4 is 0 Å². The molecule has 0 atom stereocenters. The average Bonchev–Trinajstić information content (AvgIpc) is 3.20. The van der Waals surface area contributed by atoms with Crippen molar-refractivity contribution in [1.29, 1.82) is 5.26 Å². The SMILES string of the molecule is CCC(=O)CC1CCN(C(=O)c2ccc(Cl)c(C(=O)n3cc(C)c4cc(C#N)cc(C)c43)c2Cl)CC1. The monoisotopic (exact) mass is 523 g/mol. The number of hydrogen-bond acceptors (Lipinski definition) is 4. The predicted octanol–water partition coefficient (Wildman–Crippen LogP) is 6.35. The quantitative estimate of drug-likeness (QED) is 0.390. The molecule has 186 valence electrons. The van der Waals surface area contributed by atoms with Gasteiger partial charge in [-0.15, -0.1) is 0 Å². The Balaban J connectivity index is 1.65. The lowest BCUT2D eigenvalue weighted by Gasteiger charge is -2.32. The molecule has 0 saturated carbocycles. The molecular formula is C28H27Cl2N3O3. The van der Waals surface area contributed by atoms with E-state index in [1.165, 1.54) is 10.6 Å². The van der Waals surface area contributed by atoms with E-state index in [9.17, 15) is 19.6 Å². The van der Waals surface area contributed by atoms with E-state index in [1.54, 1.807) is 29.3 Å². The van der Waals surface area contributed by atoms with Crippen molar-refractivity contribution in [2.45, 2.75) is 46.5 Å². The number of carbonyl (C=O) groups excluding carboxylic acids is 3. The molecule has 0 bridgehead atoms. The molecule has 1 aromatic heterocycles. The third kappa shape index (κ3) is 4.78. The fourth-order valence-corrected chi connectivity index (χ4v) is 5.58. The highest BCUT2D eigenvalue weighted by molar-refractivity contribution is 6.41. The van der Waals surface area contributed by atoms with E-state index in [0.717, 1.165) is 29.4 Å². The summed E-state index contributed by atoms with van der Waals surface area (Å²) < 4.78 is 1.48. The summed E-state index contributed by atoms with van der Waals surface area (Å²) in [6.07, 6.45) is 4.30. The summed E-state index contributed by atoms with van der Waals surface area (Å²) in [5.41, 5.74) is 3.08. The van der Waals surface area contributed by atoms with Gasteiger partial charge in [-0.3, -0.25) is 19.0 Å². The second-order valence-electron chi connectivity index (χ2n) is 9.40. The molecule has 2 aromatic carbocycles. The minimum absolute atomic E-state index is 0.0200. The Kier molecular flexibility index (Phi) is 7.54. The highest BCUT2D eigenvalue weighted by Gasteiger charge is 2.29. The summed E-state index contributed by atoms with van der Waals surface area (Å²) >= 11 is 13.1. The van der Waals surface area contributed by atoms with Crippen LogP contribution in [0, 0.1) is 31.1 Å². The van der Waals surface area contributed by atoms with E-state index in [2.05, 4.69) is 6.07 Å². The first-order chi connectivity index (χ1) is 17.2. The fourth-order valence-electron chi connectivity index (χ4n) is 4.96.